The fourth-order valence-corrected chi connectivity index (χ4v) is 3.33. The van der Waals surface area contributed by atoms with Gasteiger partial charge in [-0.1, -0.05) is 19.3 Å². The SMILES string of the molecule is ClC1CCCCC(Cc2cncs2)C1. The van der Waals surface area contributed by atoms with Crippen molar-refractivity contribution in [3.8, 4) is 0 Å². The summed E-state index contributed by atoms with van der Waals surface area (Å²) in [5, 5.41) is 0.412. The van der Waals surface area contributed by atoms with Crippen molar-refractivity contribution in [2.24, 2.45) is 5.92 Å². The maximum absolute atomic E-state index is 6.24. The Morgan fingerprint density at radius 1 is 1.43 bits per heavy atom. The van der Waals surface area contributed by atoms with E-state index in [0.717, 1.165) is 5.92 Å². The average molecular weight is 230 g/mol. The molecule has 0 amide bonds. The maximum Gasteiger partial charge on any atom is 0.0794 e. The van der Waals surface area contributed by atoms with Gasteiger partial charge in [0.2, 0.25) is 0 Å². The number of rotatable bonds is 2. The summed E-state index contributed by atoms with van der Waals surface area (Å²) < 4.78 is 0. The van der Waals surface area contributed by atoms with Crippen LogP contribution in [0.2, 0.25) is 0 Å². The lowest BCUT2D eigenvalue weighted by Crippen LogP contribution is -2.07. The highest BCUT2D eigenvalue weighted by Gasteiger charge is 2.19. The molecule has 1 aromatic heterocycles. The molecule has 3 heteroatoms. The summed E-state index contributed by atoms with van der Waals surface area (Å²) in [6.07, 6.45) is 9.61. The molecular formula is C11H16ClNS. The predicted octanol–water partition coefficient (Wildman–Crippen LogP) is 3.87. The molecule has 0 aromatic carbocycles. The van der Waals surface area contributed by atoms with Crippen molar-refractivity contribution in [2.75, 3.05) is 0 Å². The first kappa shape index (κ1) is 10.4. The van der Waals surface area contributed by atoms with Crippen molar-refractivity contribution < 1.29 is 0 Å². The Bertz CT molecular complexity index is 260. The van der Waals surface area contributed by atoms with Gasteiger partial charge in [0.25, 0.3) is 0 Å². The highest BCUT2D eigenvalue weighted by Crippen LogP contribution is 2.29. The number of nitrogens with zero attached hydrogens (tertiary/aromatic N) is 1. The summed E-state index contributed by atoms with van der Waals surface area (Å²) in [5.41, 5.74) is 1.92. The Morgan fingerprint density at radius 2 is 2.29 bits per heavy atom. The normalized spacial score (nSPS) is 28.6. The van der Waals surface area contributed by atoms with Crippen molar-refractivity contribution in [2.45, 2.75) is 43.9 Å². The first-order valence-electron chi connectivity index (χ1n) is 5.36. The second-order valence-electron chi connectivity index (χ2n) is 4.16. The van der Waals surface area contributed by atoms with Crippen LogP contribution >= 0.6 is 22.9 Å². The molecule has 0 spiro atoms. The van der Waals surface area contributed by atoms with Crippen LogP contribution in [0.3, 0.4) is 0 Å². The monoisotopic (exact) mass is 229 g/mol. The van der Waals surface area contributed by atoms with Gasteiger partial charge in [0.15, 0.2) is 0 Å². The second-order valence-corrected chi connectivity index (χ2v) is 5.74. The Balaban J connectivity index is 1.90. The highest BCUT2D eigenvalue weighted by molar-refractivity contribution is 7.09. The molecule has 14 heavy (non-hydrogen) atoms. The van der Waals surface area contributed by atoms with E-state index in [2.05, 4.69) is 4.98 Å². The summed E-state index contributed by atoms with van der Waals surface area (Å²) in [4.78, 5) is 5.53. The zero-order chi connectivity index (χ0) is 9.80. The van der Waals surface area contributed by atoms with Crippen LogP contribution < -0.4 is 0 Å². The predicted molar refractivity (Wildman–Crippen MR) is 62.0 cm³/mol. The molecule has 2 atom stereocenters. The third-order valence-electron chi connectivity index (χ3n) is 2.94. The fourth-order valence-electron chi connectivity index (χ4n) is 2.21. The van der Waals surface area contributed by atoms with Crippen LogP contribution in [0, 0.1) is 5.92 Å². The molecule has 2 rings (SSSR count). The number of thiazole rings is 1. The van der Waals surface area contributed by atoms with Gasteiger partial charge in [-0.05, 0) is 25.2 Å². The maximum atomic E-state index is 6.24. The number of aromatic nitrogens is 1. The van der Waals surface area contributed by atoms with Gasteiger partial charge in [-0.25, -0.2) is 0 Å². The van der Waals surface area contributed by atoms with E-state index in [-0.39, 0.29) is 0 Å². The zero-order valence-electron chi connectivity index (χ0n) is 8.29. The zero-order valence-corrected chi connectivity index (χ0v) is 9.86. The molecule has 0 N–H and O–H groups in total. The smallest absolute Gasteiger partial charge is 0.0794 e. The van der Waals surface area contributed by atoms with Crippen molar-refractivity contribution in [1.29, 1.82) is 0 Å². The van der Waals surface area contributed by atoms with Crippen LogP contribution in [0.5, 0.6) is 0 Å². The summed E-state index contributed by atoms with van der Waals surface area (Å²) >= 11 is 8.01. The van der Waals surface area contributed by atoms with Crippen molar-refractivity contribution >= 4 is 22.9 Å². The molecule has 0 aliphatic heterocycles. The molecule has 2 unspecified atom stereocenters. The molecular weight excluding hydrogens is 214 g/mol. The minimum Gasteiger partial charge on any atom is -0.253 e. The number of alkyl halides is 1. The van der Waals surface area contributed by atoms with Gasteiger partial charge in [-0.2, -0.15) is 0 Å². The van der Waals surface area contributed by atoms with E-state index >= 15 is 0 Å². The first-order chi connectivity index (χ1) is 6.84. The first-order valence-corrected chi connectivity index (χ1v) is 6.67. The van der Waals surface area contributed by atoms with Crippen LogP contribution in [0.15, 0.2) is 11.7 Å². The van der Waals surface area contributed by atoms with E-state index in [1.54, 1.807) is 11.3 Å². The van der Waals surface area contributed by atoms with E-state index < -0.39 is 0 Å². The Labute approximate surface area is 94.5 Å². The van der Waals surface area contributed by atoms with E-state index in [9.17, 15) is 0 Å². The van der Waals surface area contributed by atoms with E-state index in [4.69, 9.17) is 11.6 Å². The number of hydrogen-bond acceptors (Lipinski definition) is 2. The third kappa shape index (κ3) is 2.96. The molecule has 1 heterocycles. The van der Waals surface area contributed by atoms with Crippen LogP contribution in [0.4, 0.5) is 0 Å². The standard InChI is InChI=1S/C11H16ClNS/c12-10-4-2-1-3-9(5-10)6-11-7-13-8-14-11/h7-10H,1-6H2. The van der Waals surface area contributed by atoms with Gasteiger partial charge in [0.05, 0.1) is 5.51 Å². The Hall–Kier alpha value is -0.0800. The van der Waals surface area contributed by atoms with Crippen LogP contribution in [-0.4, -0.2) is 10.4 Å². The van der Waals surface area contributed by atoms with Gasteiger partial charge < -0.3 is 0 Å². The van der Waals surface area contributed by atoms with E-state index in [1.807, 2.05) is 11.7 Å². The number of halogens is 1. The summed E-state index contributed by atoms with van der Waals surface area (Å²) in [7, 11) is 0. The molecule has 1 nitrogen and oxygen atoms in total. The quantitative estimate of drug-likeness (QED) is 0.554. The lowest BCUT2D eigenvalue weighted by Gasteiger charge is -2.14. The summed E-state index contributed by atoms with van der Waals surface area (Å²) in [6.45, 7) is 0. The second kappa shape index (κ2) is 5.13. The number of hydrogen-bond donors (Lipinski definition) is 0. The minimum absolute atomic E-state index is 0.412. The van der Waals surface area contributed by atoms with Crippen LogP contribution in [-0.2, 0) is 6.42 Å². The van der Waals surface area contributed by atoms with Crippen LogP contribution in [0.25, 0.3) is 0 Å². The van der Waals surface area contributed by atoms with Crippen molar-refractivity contribution in [3.05, 3.63) is 16.6 Å². The fraction of sp³-hybridized carbons (Fsp3) is 0.727. The van der Waals surface area contributed by atoms with Gasteiger partial charge in [-0.15, -0.1) is 22.9 Å². The van der Waals surface area contributed by atoms with Crippen LogP contribution in [0.1, 0.15) is 37.0 Å². The molecule has 78 valence electrons. The lowest BCUT2D eigenvalue weighted by atomic mass is 9.96. The molecule has 0 saturated heterocycles. The third-order valence-corrected chi connectivity index (χ3v) is 4.14. The highest BCUT2D eigenvalue weighted by atomic mass is 35.5. The molecule has 1 aromatic rings. The van der Waals surface area contributed by atoms with Gasteiger partial charge >= 0.3 is 0 Å². The Kier molecular flexibility index (Phi) is 3.82. The summed E-state index contributed by atoms with van der Waals surface area (Å²) in [5.74, 6) is 0.792. The van der Waals surface area contributed by atoms with Gasteiger partial charge in [-0.3, -0.25) is 4.98 Å². The molecule has 0 radical (unpaired) electrons. The molecule has 1 aliphatic rings. The molecule has 1 aliphatic carbocycles. The van der Waals surface area contributed by atoms with Crippen molar-refractivity contribution in [3.63, 3.8) is 0 Å². The molecule has 1 fully saturated rings. The summed E-state index contributed by atoms with van der Waals surface area (Å²) in [6, 6.07) is 0. The average Bonchev–Trinajstić information content (AvgIpc) is 2.56. The van der Waals surface area contributed by atoms with E-state index in [1.165, 1.54) is 43.4 Å². The van der Waals surface area contributed by atoms with E-state index in [0.29, 0.717) is 5.38 Å². The topological polar surface area (TPSA) is 12.9 Å². The van der Waals surface area contributed by atoms with Gasteiger partial charge in [0, 0.05) is 16.5 Å². The molecule has 0 bridgehead atoms. The Morgan fingerprint density at radius 3 is 3.07 bits per heavy atom. The van der Waals surface area contributed by atoms with Gasteiger partial charge in [0.1, 0.15) is 0 Å². The largest absolute Gasteiger partial charge is 0.253 e. The van der Waals surface area contributed by atoms with Crippen molar-refractivity contribution in [1.82, 2.24) is 4.98 Å². The lowest BCUT2D eigenvalue weighted by molar-refractivity contribution is 0.463. The minimum atomic E-state index is 0.412. The molecule has 1 saturated carbocycles.